The molecule has 0 spiro atoms. The van der Waals surface area contributed by atoms with Crippen LogP contribution in [0.4, 0.5) is 5.69 Å². The van der Waals surface area contributed by atoms with Crippen molar-refractivity contribution in [1.82, 2.24) is 0 Å². The maximum atomic E-state index is 11.8. The van der Waals surface area contributed by atoms with Gasteiger partial charge in [0.2, 0.25) is 5.91 Å². The summed E-state index contributed by atoms with van der Waals surface area (Å²) in [4.78, 5) is 11.8. The van der Waals surface area contributed by atoms with Crippen molar-refractivity contribution in [3.8, 4) is 0 Å². The molecule has 4 heteroatoms. The summed E-state index contributed by atoms with van der Waals surface area (Å²) in [5.74, 6) is -0.0564. The van der Waals surface area contributed by atoms with Crippen LogP contribution >= 0.6 is 15.9 Å². The quantitative estimate of drug-likeness (QED) is 0.909. The van der Waals surface area contributed by atoms with Gasteiger partial charge in [-0.1, -0.05) is 40.2 Å². The summed E-state index contributed by atoms with van der Waals surface area (Å²) < 4.78 is 0.997. The Hall–Kier alpha value is -1.65. The van der Waals surface area contributed by atoms with Crippen LogP contribution in [0.3, 0.4) is 0 Å². The van der Waals surface area contributed by atoms with Gasteiger partial charge in [0.25, 0.3) is 0 Å². The van der Waals surface area contributed by atoms with E-state index in [-0.39, 0.29) is 12.5 Å². The lowest BCUT2D eigenvalue weighted by molar-refractivity contribution is -0.115. The highest BCUT2D eigenvalue weighted by atomic mass is 79.9. The summed E-state index contributed by atoms with van der Waals surface area (Å²) in [5, 5.41) is 11.8. The van der Waals surface area contributed by atoms with Crippen LogP contribution in [0.5, 0.6) is 0 Å². The van der Waals surface area contributed by atoms with E-state index >= 15 is 0 Å². The highest BCUT2D eigenvalue weighted by Crippen LogP contribution is 2.13. The van der Waals surface area contributed by atoms with Gasteiger partial charge in [0, 0.05) is 10.2 Å². The van der Waals surface area contributed by atoms with Gasteiger partial charge < -0.3 is 10.4 Å². The Morgan fingerprint density at radius 3 is 2.16 bits per heavy atom. The zero-order valence-corrected chi connectivity index (χ0v) is 11.9. The molecule has 0 atom stereocenters. The van der Waals surface area contributed by atoms with Crippen molar-refractivity contribution in [2.24, 2.45) is 0 Å². The third kappa shape index (κ3) is 4.19. The highest BCUT2D eigenvalue weighted by Gasteiger charge is 2.04. The monoisotopic (exact) mass is 319 g/mol. The summed E-state index contributed by atoms with van der Waals surface area (Å²) in [6, 6.07) is 14.8. The molecule has 98 valence electrons. The summed E-state index contributed by atoms with van der Waals surface area (Å²) in [5.41, 5.74) is 2.53. The lowest BCUT2D eigenvalue weighted by Gasteiger charge is -2.06. The number of aliphatic hydroxyl groups excluding tert-OH is 1. The van der Waals surface area contributed by atoms with Crippen LogP contribution in [-0.2, 0) is 17.8 Å². The minimum atomic E-state index is -0.0564. The van der Waals surface area contributed by atoms with E-state index in [2.05, 4.69) is 21.2 Å². The summed E-state index contributed by atoms with van der Waals surface area (Å²) in [6.45, 7) is 0.00706. The van der Waals surface area contributed by atoms with Crippen molar-refractivity contribution in [2.75, 3.05) is 5.32 Å². The molecular formula is C15H14BrNO2. The minimum absolute atomic E-state index is 0.00706. The number of hydrogen-bond donors (Lipinski definition) is 2. The number of carbonyl (C=O) groups excluding carboxylic acids is 1. The van der Waals surface area contributed by atoms with Crippen molar-refractivity contribution in [3.63, 3.8) is 0 Å². The van der Waals surface area contributed by atoms with E-state index in [1.54, 1.807) is 24.3 Å². The molecule has 0 saturated carbocycles. The number of rotatable bonds is 4. The second-order valence-electron chi connectivity index (χ2n) is 4.21. The Kier molecular flexibility index (Phi) is 4.71. The van der Waals surface area contributed by atoms with Crippen LogP contribution in [-0.4, -0.2) is 11.0 Å². The highest BCUT2D eigenvalue weighted by molar-refractivity contribution is 9.10. The molecule has 0 unspecified atom stereocenters. The van der Waals surface area contributed by atoms with E-state index in [9.17, 15) is 4.79 Å². The molecule has 0 aliphatic rings. The van der Waals surface area contributed by atoms with E-state index < -0.39 is 0 Å². The first-order valence-electron chi connectivity index (χ1n) is 5.91. The van der Waals surface area contributed by atoms with Crippen LogP contribution in [0.1, 0.15) is 11.1 Å². The molecule has 2 aromatic rings. The summed E-state index contributed by atoms with van der Waals surface area (Å²) in [7, 11) is 0. The SMILES string of the molecule is O=C(Cc1ccc(Br)cc1)Nc1ccc(CO)cc1. The molecule has 2 rings (SSSR count). The van der Waals surface area contributed by atoms with E-state index in [0.29, 0.717) is 6.42 Å². The van der Waals surface area contributed by atoms with Crippen molar-refractivity contribution in [1.29, 1.82) is 0 Å². The number of amides is 1. The summed E-state index contributed by atoms with van der Waals surface area (Å²) >= 11 is 3.36. The molecule has 2 aromatic carbocycles. The first-order chi connectivity index (χ1) is 9.17. The van der Waals surface area contributed by atoms with Crippen LogP contribution in [0.2, 0.25) is 0 Å². The Balaban J connectivity index is 1.95. The van der Waals surface area contributed by atoms with Crippen LogP contribution in [0.15, 0.2) is 53.0 Å². The maximum Gasteiger partial charge on any atom is 0.228 e. The van der Waals surface area contributed by atoms with E-state index in [0.717, 1.165) is 21.3 Å². The molecule has 0 bridgehead atoms. The topological polar surface area (TPSA) is 49.3 Å². The van der Waals surface area contributed by atoms with Gasteiger partial charge in [-0.05, 0) is 35.4 Å². The van der Waals surface area contributed by atoms with Crippen molar-refractivity contribution >= 4 is 27.5 Å². The Morgan fingerprint density at radius 1 is 1.00 bits per heavy atom. The van der Waals surface area contributed by atoms with Crippen molar-refractivity contribution < 1.29 is 9.90 Å². The number of benzene rings is 2. The molecule has 0 fully saturated rings. The van der Waals surface area contributed by atoms with Gasteiger partial charge in [-0.3, -0.25) is 4.79 Å². The van der Waals surface area contributed by atoms with Gasteiger partial charge in [0.1, 0.15) is 0 Å². The predicted octanol–water partition coefficient (Wildman–Crippen LogP) is 3.12. The fourth-order valence-electron chi connectivity index (χ4n) is 1.69. The van der Waals surface area contributed by atoms with E-state index in [1.807, 2.05) is 24.3 Å². The van der Waals surface area contributed by atoms with Crippen LogP contribution in [0.25, 0.3) is 0 Å². The van der Waals surface area contributed by atoms with Crippen molar-refractivity contribution in [3.05, 3.63) is 64.1 Å². The molecule has 1 amide bonds. The number of halogens is 1. The van der Waals surface area contributed by atoms with Gasteiger partial charge in [-0.2, -0.15) is 0 Å². The number of carbonyl (C=O) groups is 1. The Morgan fingerprint density at radius 2 is 1.58 bits per heavy atom. The second-order valence-corrected chi connectivity index (χ2v) is 5.12. The minimum Gasteiger partial charge on any atom is -0.392 e. The third-order valence-electron chi connectivity index (χ3n) is 2.70. The molecule has 0 radical (unpaired) electrons. The largest absolute Gasteiger partial charge is 0.392 e. The van der Waals surface area contributed by atoms with E-state index in [1.165, 1.54) is 0 Å². The fourth-order valence-corrected chi connectivity index (χ4v) is 1.95. The zero-order valence-electron chi connectivity index (χ0n) is 10.3. The number of anilines is 1. The standard InChI is InChI=1S/C15H14BrNO2/c16-13-5-1-11(2-6-13)9-15(19)17-14-7-3-12(10-18)4-8-14/h1-8,18H,9-10H2,(H,17,19). The molecule has 0 heterocycles. The average Bonchev–Trinajstić information content (AvgIpc) is 2.42. The molecule has 3 nitrogen and oxygen atoms in total. The fraction of sp³-hybridized carbons (Fsp3) is 0.133. The number of hydrogen-bond acceptors (Lipinski definition) is 2. The van der Waals surface area contributed by atoms with Gasteiger partial charge in [-0.25, -0.2) is 0 Å². The lowest BCUT2D eigenvalue weighted by atomic mass is 10.1. The first-order valence-corrected chi connectivity index (χ1v) is 6.71. The molecular weight excluding hydrogens is 306 g/mol. The molecule has 0 aliphatic carbocycles. The Labute approximate surface area is 120 Å². The number of nitrogens with one attached hydrogen (secondary N) is 1. The van der Waals surface area contributed by atoms with E-state index in [4.69, 9.17) is 5.11 Å². The number of aliphatic hydroxyl groups is 1. The average molecular weight is 320 g/mol. The van der Waals surface area contributed by atoms with Gasteiger partial charge >= 0.3 is 0 Å². The molecule has 19 heavy (non-hydrogen) atoms. The zero-order chi connectivity index (χ0) is 13.7. The van der Waals surface area contributed by atoms with Gasteiger partial charge in [0.15, 0.2) is 0 Å². The maximum absolute atomic E-state index is 11.8. The smallest absolute Gasteiger partial charge is 0.228 e. The Bertz CT molecular complexity index is 549. The van der Waals surface area contributed by atoms with Crippen LogP contribution < -0.4 is 5.32 Å². The lowest BCUT2D eigenvalue weighted by Crippen LogP contribution is -2.14. The predicted molar refractivity (Wildman–Crippen MR) is 78.8 cm³/mol. The normalized spacial score (nSPS) is 10.2. The molecule has 2 N–H and O–H groups in total. The molecule has 0 aliphatic heterocycles. The van der Waals surface area contributed by atoms with Crippen molar-refractivity contribution in [2.45, 2.75) is 13.0 Å². The van der Waals surface area contributed by atoms with Gasteiger partial charge in [0.05, 0.1) is 13.0 Å². The first kappa shape index (κ1) is 13.8. The molecule has 0 aromatic heterocycles. The molecule has 0 saturated heterocycles. The van der Waals surface area contributed by atoms with Gasteiger partial charge in [-0.15, -0.1) is 0 Å². The third-order valence-corrected chi connectivity index (χ3v) is 3.23. The second kappa shape index (κ2) is 6.50. The summed E-state index contributed by atoms with van der Waals surface area (Å²) in [6.07, 6.45) is 0.342. The van der Waals surface area contributed by atoms with Crippen LogP contribution in [0, 0.1) is 0 Å².